The second kappa shape index (κ2) is 9.97. The molecule has 2 saturated heterocycles. The number of aromatic nitrogens is 2. The first kappa shape index (κ1) is 22.6. The van der Waals surface area contributed by atoms with E-state index in [-0.39, 0.29) is 23.4 Å². The van der Waals surface area contributed by atoms with Crippen molar-refractivity contribution in [2.75, 3.05) is 31.1 Å². The Bertz CT molecular complexity index is 1200. The summed E-state index contributed by atoms with van der Waals surface area (Å²) in [4.78, 5) is 35.2. The number of nitrogens with one attached hydrogen (secondary N) is 1. The highest BCUT2D eigenvalue weighted by Gasteiger charge is 2.30. The van der Waals surface area contributed by atoms with E-state index in [0.29, 0.717) is 12.4 Å². The van der Waals surface area contributed by atoms with Crippen LogP contribution in [0.15, 0.2) is 59.4 Å². The molecule has 2 aromatic carbocycles. The van der Waals surface area contributed by atoms with Crippen LogP contribution in [0.4, 0.5) is 5.82 Å². The Hall–Kier alpha value is -3.19. The summed E-state index contributed by atoms with van der Waals surface area (Å²) >= 11 is 0. The third-order valence-corrected chi connectivity index (χ3v) is 7.24. The van der Waals surface area contributed by atoms with Crippen LogP contribution in [0.25, 0.3) is 11.0 Å². The average molecular weight is 460 g/mol. The monoisotopic (exact) mass is 459 g/mol. The van der Waals surface area contributed by atoms with Gasteiger partial charge >= 0.3 is 0 Å². The number of carbonyl (C=O) groups excluding carboxylic acids is 1. The molecule has 1 aromatic heterocycles. The van der Waals surface area contributed by atoms with Crippen LogP contribution >= 0.6 is 0 Å². The highest BCUT2D eigenvalue weighted by Crippen LogP contribution is 2.22. The van der Waals surface area contributed by atoms with Gasteiger partial charge in [-0.1, -0.05) is 42.5 Å². The SMILES string of the molecule is Cn1c(=O)c(N2CCCC(C(=O)NC3CCN(Cc4ccccc4)CC3)C2)nc2ccccc21. The molecule has 0 aliphatic carbocycles. The van der Waals surface area contributed by atoms with E-state index >= 15 is 0 Å². The summed E-state index contributed by atoms with van der Waals surface area (Å²) in [6, 6.07) is 18.4. The number of amides is 1. The largest absolute Gasteiger partial charge is 0.353 e. The van der Waals surface area contributed by atoms with Crippen LogP contribution in [0, 0.1) is 5.92 Å². The second-order valence-electron chi connectivity index (χ2n) is 9.62. The van der Waals surface area contributed by atoms with Gasteiger partial charge in [0.2, 0.25) is 5.91 Å². The summed E-state index contributed by atoms with van der Waals surface area (Å²) in [5, 5.41) is 3.30. The highest BCUT2D eigenvalue weighted by atomic mass is 16.2. The number of fused-ring (bicyclic) bond motifs is 1. The molecule has 7 nitrogen and oxygen atoms in total. The molecule has 0 bridgehead atoms. The van der Waals surface area contributed by atoms with Crippen molar-refractivity contribution in [2.24, 2.45) is 13.0 Å². The molecule has 2 fully saturated rings. The predicted molar refractivity (Wildman–Crippen MR) is 135 cm³/mol. The number of rotatable bonds is 5. The number of piperidine rings is 2. The molecule has 1 unspecified atom stereocenters. The zero-order valence-electron chi connectivity index (χ0n) is 19.8. The normalized spacial score (nSPS) is 19.9. The van der Waals surface area contributed by atoms with E-state index in [9.17, 15) is 9.59 Å². The molecule has 2 aliphatic heterocycles. The van der Waals surface area contributed by atoms with Crippen molar-refractivity contribution in [3.8, 4) is 0 Å². The van der Waals surface area contributed by atoms with Crippen molar-refractivity contribution in [3.63, 3.8) is 0 Å². The minimum Gasteiger partial charge on any atom is -0.353 e. The Kier molecular flexibility index (Phi) is 6.63. The van der Waals surface area contributed by atoms with Gasteiger partial charge in [0.05, 0.1) is 17.0 Å². The first-order valence-corrected chi connectivity index (χ1v) is 12.4. The molecule has 1 atom stereocenters. The lowest BCUT2D eigenvalue weighted by Crippen LogP contribution is -2.50. The lowest BCUT2D eigenvalue weighted by Gasteiger charge is -2.35. The lowest BCUT2D eigenvalue weighted by molar-refractivity contribution is -0.126. The van der Waals surface area contributed by atoms with Crippen LogP contribution in [0.2, 0.25) is 0 Å². The first-order valence-electron chi connectivity index (χ1n) is 12.4. The fraction of sp³-hybridized carbons (Fsp3) is 0.444. The molecule has 0 radical (unpaired) electrons. The Morgan fingerprint density at radius 3 is 2.53 bits per heavy atom. The molecular weight excluding hydrogens is 426 g/mol. The highest BCUT2D eigenvalue weighted by molar-refractivity contribution is 5.80. The van der Waals surface area contributed by atoms with E-state index in [2.05, 4.69) is 39.5 Å². The van der Waals surface area contributed by atoms with Crippen LogP contribution in [0.3, 0.4) is 0 Å². The third-order valence-electron chi connectivity index (χ3n) is 7.24. The van der Waals surface area contributed by atoms with Crippen molar-refractivity contribution < 1.29 is 4.79 Å². The Labute approximate surface area is 200 Å². The molecule has 3 heterocycles. The fourth-order valence-corrected chi connectivity index (χ4v) is 5.25. The van der Waals surface area contributed by atoms with Gasteiger partial charge in [-0.25, -0.2) is 4.98 Å². The molecule has 2 aliphatic rings. The summed E-state index contributed by atoms with van der Waals surface area (Å²) in [5.41, 5.74) is 2.85. The summed E-state index contributed by atoms with van der Waals surface area (Å²) in [6.45, 7) is 4.25. The number of nitrogens with zero attached hydrogens (tertiary/aromatic N) is 4. The van der Waals surface area contributed by atoms with Crippen LogP contribution in [-0.4, -0.2) is 52.6 Å². The molecule has 0 saturated carbocycles. The quantitative estimate of drug-likeness (QED) is 0.635. The second-order valence-corrected chi connectivity index (χ2v) is 9.62. The van der Waals surface area contributed by atoms with Gasteiger partial charge in [0.25, 0.3) is 5.56 Å². The number of anilines is 1. The summed E-state index contributed by atoms with van der Waals surface area (Å²) in [6.07, 6.45) is 3.68. The van der Waals surface area contributed by atoms with E-state index < -0.39 is 0 Å². The van der Waals surface area contributed by atoms with Gasteiger partial charge in [-0.05, 0) is 43.4 Å². The topological polar surface area (TPSA) is 70.5 Å². The molecule has 34 heavy (non-hydrogen) atoms. The smallest absolute Gasteiger partial charge is 0.293 e. The van der Waals surface area contributed by atoms with E-state index in [1.165, 1.54) is 5.56 Å². The molecule has 0 spiro atoms. The van der Waals surface area contributed by atoms with Gasteiger partial charge in [0.15, 0.2) is 5.82 Å². The number of para-hydroxylation sites is 2. The summed E-state index contributed by atoms with van der Waals surface area (Å²) in [5.74, 6) is 0.450. The number of hydrogen-bond acceptors (Lipinski definition) is 5. The van der Waals surface area contributed by atoms with Crippen LogP contribution in [-0.2, 0) is 18.4 Å². The maximum Gasteiger partial charge on any atom is 0.293 e. The molecule has 5 rings (SSSR count). The molecule has 1 N–H and O–H groups in total. The van der Waals surface area contributed by atoms with Crippen molar-refractivity contribution in [1.29, 1.82) is 0 Å². The lowest BCUT2D eigenvalue weighted by atomic mass is 9.95. The van der Waals surface area contributed by atoms with Crippen molar-refractivity contribution in [3.05, 3.63) is 70.5 Å². The third kappa shape index (κ3) is 4.85. The number of hydrogen-bond donors (Lipinski definition) is 1. The minimum absolute atomic E-state index is 0.106. The zero-order chi connectivity index (χ0) is 23.5. The number of aryl methyl sites for hydroxylation is 1. The number of likely N-dealkylation sites (tertiary alicyclic amines) is 1. The Morgan fingerprint density at radius 2 is 1.74 bits per heavy atom. The molecular formula is C27H33N5O2. The maximum atomic E-state index is 13.1. The minimum atomic E-state index is -0.117. The van der Waals surface area contributed by atoms with E-state index in [4.69, 9.17) is 0 Å². The molecule has 7 heteroatoms. The van der Waals surface area contributed by atoms with Gasteiger partial charge in [0, 0.05) is 45.8 Å². The molecule has 1 amide bonds. The van der Waals surface area contributed by atoms with Crippen molar-refractivity contribution in [2.45, 2.75) is 38.3 Å². The maximum absolute atomic E-state index is 13.1. The van der Waals surface area contributed by atoms with Gasteiger partial charge in [0.1, 0.15) is 0 Å². The van der Waals surface area contributed by atoms with Crippen LogP contribution < -0.4 is 15.8 Å². The van der Waals surface area contributed by atoms with E-state index in [1.807, 2.05) is 35.2 Å². The first-order chi connectivity index (χ1) is 16.6. The van der Waals surface area contributed by atoms with Crippen LogP contribution in [0.5, 0.6) is 0 Å². The Balaban J connectivity index is 1.19. The van der Waals surface area contributed by atoms with Gasteiger partial charge in [-0.15, -0.1) is 0 Å². The van der Waals surface area contributed by atoms with Gasteiger partial charge in [-0.3, -0.25) is 14.5 Å². The summed E-state index contributed by atoms with van der Waals surface area (Å²) in [7, 11) is 1.79. The standard InChI is InChI=1S/C27H33N5O2/c1-30-24-12-6-5-11-23(24)29-25(27(30)34)32-15-7-10-21(19-32)26(33)28-22-13-16-31(17-14-22)18-20-8-3-2-4-9-20/h2-6,8-9,11-12,21-22H,7,10,13-19H2,1H3,(H,28,33). The van der Waals surface area contributed by atoms with Crippen molar-refractivity contribution in [1.82, 2.24) is 19.8 Å². The summed E-state index contributed by atoms with van der Waals surface area (Å²) < 4.78 is 1.66. The van der Waals surface area contributed by atoms with Crippen LogP contribution in [0.1, 0.15) is 31.2 Å². The fourth-order valence-electron chi connectivity index (χ4n) is 5.25. The Morgan fingerprint density at radius 1 is 1.00 bits per heavy atom. The zero-order valence-corrected chi connectivity index (χ0v) is 19.8. The number of carbonyl (C=O) groups is 1. The van der Waals surface area contributed by atoms with Gasteiger partial charge in [-0.2, -0.15) is 0 Å². The van der Waals surface area contributed by atoms with E-state index in [1.54, 1.807) is 11.6 Å². The predicted octanol–water partition coefficient (Wildman–Crippen LogP) is 2.93. The molecule has 178 valence electrons. The van der Waals surface area contributed by atoms with E-state index in [0.717, 1.165) is 62.9 Å². The molecule has 3 aromatic rings. The number of benzene rings is 2. The average Bonchev–Trinajstić information content (AvgIpc) is 2.88. The van der Waals surface area contributed by atoms with Gasteiger partial charge < -0.3 is 14.8 Å². The van der Waals surface area contributed by atoms with Crippen molar-refractivity contribution >= 4 is 22.8 Å².